The van der Waals surface area contributed by atoms with Crippen LogP contribution in [0.3, 0.4) is 0 Å². The summed E-state index contributed by atoms with van der Waals surface area (Å²) in [4.78, 5) is 13.0. The highest BCUT2D eigenvalue weighted by Gasteiger charge is 2.13. The first-order valence-corrected chi connectivity index (χ1v) is 11.0. The summed E-state index contributed by atoms with van der Waals surface area (Å²) in [6.45, 7) is 4.17. The van der Waals surface area contributed by atoms with E-state index in [-0.39, 0.29) is 5.95 Å². The van der Waals surface area contributed by atoms with Crippen molar-refractivity contribution in [2.24, 2.45) is 7.05 Å². The van der Waals surface area contributed by atoms with Crippen LogP contribution in [-0.4, -0.2) is 29.7 Å². The molecule has 2 aromatic heterocycles. The molecule has 4 rings (SSSR count). The molecule has 0 unspecified atom stereocenters. The van der Waals surface area contributed by atoms with Crippen molar-refractivity contribution in [3.8, 4) is 11.4 Å². The zero-order chi connectivity index (χ0) is 21.8. The molecule has 8 nitrogen and oxygen atoms in total. The number of thioether (sulfide) groups is 1. The molecule has 9 heteroatoms. The largest absolute Gasteiger partial charge is 0.368 e. The molecule has 0 bridgehead atoms. The second-order valence-electron chi connectivity index (χ2n) is 7.09. The third-order valence-electron chi connectivity index (χ3n) is 4.82. The van der Waals surface area contributed by atoms with Gasteiger partial charge in [0.15, 0.2) is 11.0 Å². The molecule has 0 saturated carbocycles. The lowest BCUT2D eigenvalue weighted by molar-refractivity contribution is 0.792. The topological polar surface area (TPSA) is 107 Å². The maximum atomic E-state index is 5.93. The summed E-state index contributed by atoms with van der Waals surface area (Å²) in [7, 11) is 1.95. The predicted molar refractivity (Wildman–Crippen MR) is 124 cm³/mol. The van der Waals surface area contributed by atoms with Crippen molar-refractivity contribution < 1.29 is 0 Å². The van der Waals surface area contributed by atoms with Gasteiger partial charge in [0.1, 0.15) is 5.82 Å². The number of nitrogens with zero attached hydrogens (tertiary/aromatic N) is 6. The monoisotopic (exact) mass is 432 g/mol. The van der Waals surface area contributed by atoms with Crippen LogP contribution in [0.2, 0.25) is 0 Å². The highest BCUT2D eigenvalue weighted by Crippen LogP contribution is 2.25. The van der Waals surface area contributed by atoms with Crippen molar-refractivity contribution in [2.75, 3.05) is 11.1 Å². The summed E-state index contributed by atoms with van der Waals surface area (Å²) >= 11 is 1.50. The first kappa shape index (κ1) is 20.8. The van der Waals surface area contributed by atoms with Crippen molar-refractivity contribution in [3.63, 3.8) is 0 Å². The van der Waals surface area contributed by atoms with Gasteiger partial charge in [0, 0.05) is 18.3 Å². The van der Waals surface area contributed by atoms with Gasteiger partial charge in [-0.2, -0.15) is 15.0 Å². The maximum Gasteiger partial charge on any atom is 0.232 e. The number of hydrogen-bond donors (Lipinski definition) is 2. The maximum absolute atomic E-state index is 5.93. The first-order valence-electron chi connectivity index (χ1n) is 9.98. The van der Waals surface area contributed by atoms with Crippen LogP contribution in [0.5, 0.6) is 0 Å². The van der Waals surface area contributed by atoms with Crippen LogP contribution in [0.15, 0.2) is 53.7 Å². The van der Waals surface area contributed by atoms with Crippen LogP contribution in [0.1, 0.15) is 23.9 Å². The average molecular weight is 433 g/mol. The third-order valence-corrected chi connectivity index (χ3v) is 5.84. The van der Waals surface area contributed by atoms with Crippen LogP contribution in [-0.2, 0) is 19.2 Å². The summed E-state index contributed by atoms with van der Waals surface area (Å²) < 4.78 is 1.97. The van der Waals surface area contributed by atoms with Gasteiger partial charge in [-0.05, 0) is 25.0 Å². The van der Waals surface area contributed by atoms with E-state index in [9.17, 15) is 0 Å². The highest BCUT2D eigenvalue weighted by molar-refractivity contribution is 7.98. The fourth-order valence-electron chi connectivity index (χ4n) is 3.15. The number of aryl methyl sites for hydroxylation is 2. The Balaban J connectivity index is 1.50. The van der Waals surface area contributed by atoms with E-state index >= 15 is 0 Å². The van der Waals surface area contributed by atoms with Crippen LogP contribution in [0, 0.1) is 6.92 Å². The molecular formula is C22H24N8S. The minimum Gasteiger partial charge on any atom is -0.368 e. The van der Waals surface area contributed by atoms with Gasteiger partial charge in [0.05, 0.1) is 5.75 Å². The van der Waals surface area contributed by atoms with E-state index in [4.69, 9.17) is 5.73 Å². The number of aromatic nitrogens is 6. The van der Waals surface area contributed by atoms with Crippen LogP contribution < -0.4 is 11.1 Å². The van der Waals surface area contributed by atoms with E-state index in [1.807, 2.05) is 41.9 Å². The average Bonchev–Trinajstić information content (AvgIpc) is 3.13. The number of nitrogen functional groups attached to an aromatic ring is 1. The number of nitrogens with one attached hydrogen (secondary N) is 1. The minimum absolute atomic E-state index is 0.181. The molecule has 31 heavy (non-hydrogen) atoms. The molecule has 0 aliphatic heterocycles. The van der Waals surface area contributed by atoms with E-state index in [1.54, 1.807) is 0 Å². The lowest BCUT2D eigenvalue weighted by Gasteiger charge is -2.10. The van der Waals surface area contributed by atoms with E-state index in [2.05, 4.69) is 62.5 Å². The molecule has 0 saturated heterocycles. The Labute approximate surface area is 185 Å². The van der Waals surface area contributed by atoms with Crippen molar-refractivity contribution in [3.05, 3.63) is 65.5 Å². The van der Waals surface area contributed by atoms with E-state index in [0.29, 0.717) is 17.5 Å². The zero-order valence-corrected chi connectivity index (χ0v) is 18.5. The SMILES string of the molecule is CCc1ccccc1Nc1nc(N)nc(CSc2nnc(-c3ccc(C)cc3)n2C)n1. The van der Waals surface area contributed by atoms with Gasteiger partial charge in [0.25, 0.3) is 0 Å². The lowest BCUT2D eigenvalue weighted by atomic mass is 10.1. The normalized spacial score (nSPS) is 10.9. The number of hydrogen-bond acceptors (Lipinski definition) is 8. The Morgan fingerprint density at radius 2 is 1.77 bits per heavy atom. The number of nitrogens with two attached hydrogens (primary N) is 1. The van der Waals surface area contributed by atoms with Crippen LogP contribution in [0.25, 0.3) is 11.4 Å². The quantitative estimate of drug-likeness (QED) is 0.419. The van der Waals surface area contributed by atoms with Gasteiger partial charge in [-0.15, -0.1) is 10.2 Å². The Bertz CT molecular complexity index is 1190. The molecule has 0 fully saturated rings. The van der Waals surface area contributed by atoms with Crippen molar-refractivity contribution in [1.29, 1.82) is 0 Å². The molecule has 0 amide bonds. The highest BCUT2D eigenvalue weighted by atomic mass is 32.2. The fraction of sp³-hybridized carbons (Fsp3) is 0.227. The van der Waals surface area contributed by atoms with Crippen molar-refractivity contribution in [2.45, 2.75) is 31.2 Å². The number of benzene rings is 2. The smallest absolute Gasteiger partial charge is 0.232 e. The Morgan fingerprint density at radius 3 is 2.55 bits per heavy atom. The number of para-hydroxylation sites is 1. The van der Waals surface area contributed by atoms with Crippen LogP contribution in [0.4, 0.5) is 17.6 Å². The minimum atomic E-state index is 0.181. The Hall–Kier alpha value is -3.46. The first-order chi connectivity index (χ1) is 15.0. The summed E-state index contributed by atoms with van der Waals surface area (Å²) in [6, 6.07) is 16.3. The summed E-state index contributed by atoms with van der Waals surface area (Å²) in [6.07, 6.45) is 0.905. The summed E-state index contributed by atoms with van der Waals surface area (Å²) in [5.41, 5.74) is 10.3. The summed E-state index contributed by atoms with van der Waals surface area (Å²) in [5.74, 6) is 2.50. The molecule has 0 aliphatic rings. The molecule has 0 atom stereocenters. The second kappa shape index (κ2) is 9.13. The fourth-order valence-corrected chi connectivity index (χ4v) is 3.92. The van der Waals surface area contributed by atoms with Crippen molar-refractivity contribution in [1.82, 2.24) is 29.7 Å². The Kier molecular flexibility index (Phi) is 6.13. The molecule has 158 valence electrons. The molecule has 3 N–H and O–H groups in total. The summed E-state index contributed by atoms with van der Waals surface area (Å²) in [5, 5.41) is 12.7. The number of rotatable bonds is 7. The molecule has 0 spiro atoms. The van der Waals surface area contributed by atoms with E-state index < -0.39 is 0 Å². The van der Waals surface area contributed by atoms with Gasteiger partial charge < -0.3 is 15.6 Å². The van der Waals surface area contributed by atoms with E-state index in [0.717, 1.165) is 28.7 Å². The third kappa shape index (κ3) is 4.83. The molecule has 2 aromatic carbocycles. The van der Waals surface area contributed by atoms with Gasteiger partial charge in [-0.1, -0.05) is 66.7 Å². The van der Waals surface area contributed by atoms with E-state index in [1.165, 1.54) is 22.9 Å². The number of anilines is 3. The standard InChI is InChI=1S/C22H24N8S/c1-4-15-7-5-6-8-17(15)24-21-26-18(25-20(23)27-21)13-31-22-29-28-19(30(22)3)16-11-9-14(2)10-12-16/h5-12H,4,13H2,1-3H3,(H3,23,24,25,26,27). The molecule has 0 aliphatic carbocycles. The lowest BCUT2D eigenvalue weighted by Crippen LogP contribution is -2.07. The second-order valence-corrected chi connectivity index (χ2v) is 8.03. The molecule has 4 aromatic rings. The van der Waals surface area contributed by atoms with Gasteiger partial charge in [-0.25, -0.2) is 0 Å². The Morgan fingerprint density at radius 1 is 1.00 bits per heavy atom. The molecule has 2 heterocycles. The van der Waals surface area contributed by atoms with Gasteiger partial charge in [-0.3, -0.25) is 0 Å². The zero-order valence-electron chi connectivity index (χ0n) is 17.7. The molecule has 0 radical (unpaired) electrons. The van der Waals surface area contributed by atoms with Gasteiger partial charge in [0.2, 0.25) is 11.9 Å². The predicted octanol–water partition coefficient (Wildman–Crippen LogP) is 4.16. The molecular weight excluding hydrogens is 408 g/mol. The van der Waals surface area contributed by atoms with Crippen molar-refractivity contribution >= 4 is 29.3 Å². The van der Waals surface area contributed by atoms with Crippen LogP contribution >= 0.6 is 11.8 Å². The van der Waals surface area contributed by atoms with Gasteiger partial charge >= 0.3 is 0 Å².